The average Bonchev–Trinajstić information content (AvgIpc) is 2.64. The second kappa shape index (κ2) is 7.69. The fourth-order valence-electron chi connectivity index (χ4n) is 2.14. The van der Waals surface area contributed by atoms with Crippen LogP contribution in [-0.4, -0.2) is 31.5 Å². The van der Waals surface area contributed by atoms with Crippen LogP contribution < -0.4 is 15.9 Å². The van der Waals surface area contributed by atoms with Gasteiger partial charge >= 0.3 is 7.12 Å². The van der Waals surface area contributed by atoms with Gasteiger partial charge in [0.2, 0.25) is 0 Å². The predicted molar refractivity (Wildman–Crippen MR) is 93.2 cm³/mol. The lowest BCUT2D eigenvalue weighted by Crippen LogP contribution is -2.41. The number of hydrogen-bond acceptors (Lipinski definition) is 4. The second-order valence-electron chi connectivity index (χ2n) is 6.50. The normalized spacial score (nSPS) is 18.9. The third-order valence-electron chi connectivity index (χ3n) is 4.27. The van der Waals surface area contributed by atoms with Gasteiger partial charge in [-0.15, -0.1) is 12.4 Å². The van der Waals surface area contributed by atoms with Gasteiger partial charge in [0.05, 0.1) is 17.8 Å². The first-order valence-electron chi connectivity index (χ1n) is 7.64. The Balaban J connectivity index is 0.00000242. The van der Waals surface area contributed by atoms with E-state index < -0.39 is 0 Å². The summed E-state index contributed by atoms with van der Waals surface area (Å²) in [5.74, 6) is 0.868. The van der Waals surface area contributed by atoms with Crippen LogP contribution in [0.1, 0.15) is 40.5 Å². The van der Waals surface area contributed by atoms with E-state index in [9.17, 15) is 0 Å². The molecule has 1 saturated heterocycles. The zero-order chi connectivity index (χ0) is 15.5. The molecule has 1 aliphatic heterocycles. The smallest absolute Gasteiger partial charge is 0.494 e. The Kier molecular flexibility index (Phi) is 6.74. The third kappa shape index (κ3) is 4.38. The molecule has 1 heterocycles. The van der Waals surface area contributed by atoms with E-state index in [0.29, 0.717) is 13.2 Å². The minimum atomic E-state index is -0.318. The zero-order valence-electron chi connectivity index (χ0n) is 13.9. The lowest BCUT2D eigenvalue weighted by Gasteiger charge is -2.32. The minimum Gasteiger partial charge on any atom is -0.494 e. The number of hydrogen-bond donors (Lipinski definition) is 1. The highest BCUT2D eigenvalue weighted by Crippen LogP contribution is 2.36. The van der Waals surface area contributed by atoms with Crippen molar-refractivity contribution in [3.05, 3.63) is 24.3 Å². The Morgan fingerprint density at radius 1 is 1.00 bits per heavy atom. The largest absolute Gasteiger partial charge is 0.494 e. The number of nitrogens with two attached hydrogens (primary N) is 1. The van der Waals surface area contributed by atoms with Gasteiger partial charge in [-0.25, -0.2) is 0 Å². The Hall–Kier alpha value is -0.745. The lowest BCUT2D eigenvalue weighted by atomic mass is 9.79. The summed E-state index contributed by atoms with van der Waals surface area (Å²) in [5, 5.41) is 0. The summed E-state index contributed by atoms with van der Waals surface area (Å²) in [5.41, 5.74) is 5.85. The van der Waals surface area contributed by atoms with Crippen LogP contribution in [-0.2, 0) is 9.31 Å². The first-order chi connectivity index (χ1) is 9.86. The highest BCUT2D eigenvalue weighted by atomic mass is 35.5. The second-order valence-corrected chi connectivity index (χ2v) is 6.50. The third-order valence-corrected chi connectivity index (χ3v) is 4.27. The molecule has 1 aliphatic rings. The van der Waals surface area contributed by atoms with Gasteiger partial charge in [0.1, 0.15) is 5.75 Å². The Bertz CT molecular complexity index is 449. The number of unbranched alkanes of at least 4 members (excludes halogenated alkanes) is 1. The molecule has 0 unspecified atom stereocenters. The molecule has 0 aromatic heterocycles. The monoisotopic (exact) mass is 327 g/mol. The molecule has 4 nitrogen and oxygen atoms in total. The van der Waals surface area contributed by atoms with E-state index in [1.807, 2.05) is 24.3 Å². The molecule has 2 N–H and O–H groups in total. The average molecular weight is 328 g/mol. The van der Waals surface area contributed by atoms with Gasteiger partial charge in [0.25, 0.3) is 0 Å². The van der Waals surface area contributed by atoms with Crippen LogP contribution in [0.25, 0.3) is 0 Å². The maximum Gasteiger partial charge on any atom is 0.494 e. The summed E-state index contributed by atoms with van der Waals surface area (Å²) in [4.78, 5) is 0. The molecule has 0 spiro atoms. The first kappa shape index (κ1) is 19.3. The summed E-state index contributed by atoms with van der Waals surface area (Å²) in [6.07, 6.45) is 1.97. The maximum absolute atomic E-state index is 6.03. The van der Waals surface area contributed by atoms with Crippen molar-refractivity contribution in [1.29, 1.82) is 0 Å². The van der Waals surface area contributed by atoms with Gasteiger partial charge < -0.3 is 19.8 Å². The van der Waals surface area contributed by atoms with Gasteiger partial charge in [-0.2, -0.15) is 0 Å². The zero-order valence-corrected chi connectivity index (χ0v) is 14.7. The predicted octanol–water partition coefficient (Wildman–Crippen LogP) is 2.53. The van der Waals surface area contributed by atoms with Gasteiger partial charge in [-0.3, -0.25) is 0 Å². The van der Waals surface area contributed by atoms with Crippen LogP contribution in [0, 0.1) is 0 Å². The molecular formula is C16H27BClNO3. The summed E-state index contributed by atoms with van der Waals surface area (Å²) in [6, 6.07) is 7.92. The number of rotatable bonds is 6. The molecule has 22 heavy (non-hydrogen) atoms. The molecule has 0 aliphatic carbocycles. The van der Waals surface area contributed by atoms with Gasteiger partial charge in [-0.1, -0.05) is 12.1 Å². The van der Waals surface area contributed by atoms with Crippen molar-refractivity contribution < 1.29 is 14.0 Å². The molecule has 124 valence electrons. The van der Waals surface area contributed by atoms with E-state index in [1.54, 1.807) is 0 Å². The Labute approximate surface area is 140 Å². The molecule has 0 amide bonds. The molecule has 1 fully saturated rings. The van der Waals surface area contributed by atoms with Crippen molar-refractivity contribution in [2.75, 3.05) is 13.2 Å². The number of halogens is 1. The number of benzene rings is 1. The molecule has 1 aromatic rings. The summed E-state index contributed by atoms with van der Waals surface area (Å²) >= 11 is 0. The number of ether oxygens (including phenoxy) is 1. The molecule has 2 rings (SSSR count). The molecule has 0 atom stereocenters. The summed E-state index contributed by atoms with van der Waals surface area (Å²) in [7, 11) is -0.318. The molecular weight excluding hydrogens is 300 g/mol. The van der Waals surface area contributed by atoms with Crippen LogP contribution in [0.3, 0.4) is 0 Å². The van der Waals surface area contributed by atoms with E-state index in [1.165, 1.54) is 0 Å². The van der Waals surface area contributed by atoms with Crippen LogP contribution in [0.4, 0.5) is 0 Å². The van der Waals surface area contributed by atoms with E-state index in [-0.39, 0.29) is 30.7 Å². The van der Waals surface area contributed by atoms with Crippen molar-refractivity contribution in [2.24, 2.45) is 5.73 Å². The molecule has 0 saturated carbocycles. The van der Waals surface area contributed by atoms with Crippen LogP contribution in [0.2, 0.25) is 0 Å². The fraction of sp³-hybridized carbons (Fsp3) is 0.625. The minimum absolute atomic E-state index is 0. The van der Waals surface area contributed by atoms with Crippen molar-refractivity contribution in [1.82, 2.24) is 0 Å². The SMILES string of the molecule is CC1(C)OB(c2ccc(OCCCCN)cc2)OC1(C)C.Cl. The molecule has 0 bridgehead atoms. The highest BCUT2D eigenvalue weighted by molar-refractivity contribution is 6.62. The summed E-state index contributed by atoms with van der Waals surface area (Å²) in [6.45, 7) is 9.64. The quantitative estimate of drug-likeness (QED) is 0.644. The van der Waals surface area contributed by atoms with Crippen molar-refractivity contribution >= 4 is 25.0 Å². The van der Waals surface area contributed by atoms with Gasteiger partial charge in [0, 0.05) is 0 Å². The molecule has 6 heteroatoms. The van der Waals surface area contributed by atoms with Crippen LogP contribution >= 0.6 is 12.4 Å². The Morgan fingerprint density at radius 3 is 2.05 bits per heavy atom. The topological polar surface area (TPSA) is 53.7 Å². The van der Waals surface area contributed by atoms with Crippen LogP contribution in [0.15, 0.2) is 24.3 Å². The van der Waals surface area contributed by atoms with E-state index in [4.69, 9.17) is 19.8 Å². The van der Waals surface area contributed by atoms with Gasteiger partial charge in [-0.05, 0) is 64.7 Å². The van der Waals surface area contributed by atoms with Gasteiger partial charge in [0.15, 0.2) is 0 Å². The van der Waals surface area contributed by atoms with E-state index in [0.717, 1.165) is 24.1 Å². The maximum atomic E-state index is 6.03. The lowest BCUT2D eigenvalue weighted by molar-refractivity contribution is 0.00578. The van der Waals surface area contributed by atoms with Crippen molar-refractivity contribution in [2.45, 2.75) is 51.7 Å². The van der Waals surface area contributed by atoms with Crippen LogP contribution in [0.5, 0.6) is 5.75 Å². The van der Waals surface area contributed by atoms with E-state index >= 15 is 0 Å². The molecule has 0 radical (unpaired) electrons. The van der Waals surface area contributed by atoms with Crippen molar-refractivity contribution in [3.63, 3.8) is 0 Å². The van der Waals surface area contributed by atoms with E-state index in [2.05, 4.69) is 27.7 Å². The summed E-state index contributed by atoms with van der Waals surface area (Å²) < 4.78 is 17.7. The standard InChI is InChI=1S/C16H26BNO3.ClH/c1-15(2)16(3,4)21-17(20-15)13-7-9-14(10-8-13)19-12-6-5-11-18;/h7-10H,5-6,11-12,18H2,1-4H3;1H. The highest BCUT2D eigenvalue weighted by Gasteiger charge is 2.51. The molecule has 1 aromatic carbocycles. The fourth-order valence-corrected chi connectivity index (χ4v) is 2.14. The Morgan fingerprint density at radius 2 is 1.55 bits per heavy atom. The first-order valence-corrected chi connectivity index (χ1v) is 7.64. The van der Waals surface area contributed by atoms with Crippen molar-refractivity contribution in [3.8, 4) is 5.75 Å².